The molecule has 3 heterocycles. The summed E-state index contributed by atoms with van der Waals surface area (Å²) in [7, 11) is 0. The summed E-state index contributed by atoms with van der Waals surface area (Å²) < 4.78 is 15.6. The van der Waals surface area contributed by atoms with Crippen LogP contribution in [0.4, 0.5) is 4.39 Å². The Balaban J connectivity index is 1.46. The van der Waals surface area contributed by atoms with Crippen LogP contribution in [-0.4, -0.2) is 43.9 Å². The second-order valence-corrected chi connectivity index (χ2v) is 7.32. The Hall–Kier alpha value is -2.61. The molecule has 6 nitrogen and oxygen atoms in total. The molecule has 134 valence electrons. The zero-order valence-corrected chi connectivity index (χ0v) is 14.9. The molecule has 4 rings (SSSR count). The van der Waals surface area contributed by atoms with Crippen LogP contribution < -0.4 is 0 Å². The minimum Gasteiger partial charge on any atom is -0.340 e. The van der Waals surface area contributed by atoms with Gasteiger partial charge in [0, 0.05) is 37.0 Å². The molecule has 2 aromatic heterocycles. The van der Waals surface area contributed by atoms with Gasteiger partial charge in [-0.05, 0) is 31.0 Å². The maximum Gasteiger partial charge on any atom is 0.244 e. The average Bonchev–Trinajstić information content (AvgIpc) is 3.34. The highest BCUT2D eigenvalue weighted by Gasteiger charge is 2.27. The van der Waals surface area contributed by atoms with E-state index in [0.717, 1.165) is 24.4 Å². The molecule has 1 aromatic carbocycles. The van der Waals surface area contributed by atoms with Crippen molar-refractivity contribution in [3.8, 4) is 10.6 Å². The van der Waals surface area contributed by atoms with Gasteiger partial charge in [0.15, 0.2) is 5.01 Å². The summed E-state index contributed by atoms with van der Waals surface area (Å²) in [5.41, 5.74) is 0.471. The number of amides is 1. The molecule has 0 spiro atoms. The van der Waals surface area contributed by atoms with Crippen LogP contribution in [0.2, 0.25) is 0 Å². The average molecular weight is 371 g/mol. The number of nitrogens with zero attached hydrogens (tertiary/aromatic N) is 5. The van der Waals surface area contributed by atoms with Crippen LogP contribution in [0, 0.1) is 5.82 Å². The maximum atomic E-state index is 14.0. The molecule has 3 aromatic rings. The van der Waals surface area contributed by atoms with Crippen molar-refractivity contribution in [1.29, 1.82) is 0 Å². The third-order valence-electron chi connectivity index (χ3n) is 4.52. The molecule has 26 heavy (non-hydrogen) atoms. The first kappa shape index (κ1) is 16.8. The van der Waals surface area contributed by atoms with Crippen molar-refractivity contribution in [1.82, 2.24) is 24.9 Å². The third kappa shape index (κ3) is 3.50. The van der Waals surface area contributed by atoms with Crippen molar-refractivity contribution in [2.24, 2.45) is 0 Å². The lowest BCUT2D eigenvalue weighted by Gasteiger charge is -2.31. The molecule has 1 aliphatic heterocycles. The van der Waals surface area contributed by atoms with Crippen LogP contribution in [0.3, 0.4) is 0 Å². The molecular weight excluding hydrogens is 353 g/mol. The Kier molecular flexibility index (Phi) is 4.75. The van der Waals surface area contributed by atoms with E-state index >= 15 is 0 Å². The summed E-state index contributed by atoms with van der Waals surface area (Å²) in [5, 5.41) is 14.0. The van der Waals surface area contributed by atoms with E-state index in [4.69, 9.17) is 0 Å². The van der Waals surface area contributed by atoms with E-state index in [9.17, 15) is 9.18 Å². The summed E-state index contributed by atoms with van der Waals surface area (Å²) >= 11 is 1.41. The molecule has 1 fully saturated rings. The number of halogens is 1. The van der Waals surface area contributed by atoms with E-state index in [1.807, 2.05) is 4.90 Å². The minimum atomic E-state index is -0.296. The molecule has 8 heteroatoms. The van der Waals surface area contributed by atoms with Gasteiger partial charge in [0.1, 0.15) is 17.4 Å². The molecule has 0 radical (unpaired) electrons. The predicted octanol–water partition coefficient (Wildman–Crippen LogP) is 2.95. The zero-order valence-electron chi connectivity index (χ0n) is 14.1. The summed E-state index contributed by atoms with van der Waals surface area (Å²) in [6.45, 7) is 1.61. The van der Waals surface area contributed by atoms with E-state index in [1.165, 1.54) is 17.4 Å². The van der Waals surface area contributed by atoms with E-state index in [1.54, 1.807) is 41.3 Å². The van der Waals surface area contributed by atoms with Gasteiger partial charge in [0.05, 0.1) is 0 Å². The number of rotatable bonds is 4. The number of carbonyl (C=O) groups is 1. The Morgan fingerprint density at radius 3 is 2.96 bits per heavy atom. The second-order valence-electron chi connectivity index (χ2n) is 6.31. The first-order valence-electron chi connectivity index (χ1n) is 8.54. The Morgan fingerprint density at radius 1 is 1.27 bits per heavy atom. The Morgan fingerprint density at radius 2 is 2.15 bits per heavy atom. The van der Waals surface area contributed by atoms with Crippen molar-refractivity contribution in [3.63, 3.8) is 0 Å². The molecule has 1 aliphatic rings. The first-order chi connectivity index (χ1) is 12.7. The molecular formula is C18H18FN5OS. The Labute approximate surface area is 154 Å². The van der Waals surface area contributed by atoms with Crippen LogP contribution in [0.15, 0.2) is 42.7 Å². The number of likely N-dealkylation sites (tertiary alicyclic amines) is 1. The number of hydrogen-bond donors (Lipinski definition) is 0. The fourth-order valence-electron chi connectivity index (χ4n) is 3.18. The largest absolute Gasteiger partial charge is 0.340 e. The predicted molar refractivity (Wildman–Crippen MR) is 96.1 cm³/mol. The van der Waals surface area contributed by atoms with Crippen molar-refractivity contribution < 1.29 is 9.18 Å². The lowest BCUT2D eigenvalue weighted by atomic mass is 9.99. The standard InChI is InChI=1S/C18H18FN5OS/c19-15-7-2-1-6-14(15)18-22-21-17(26-18)13-5-3-9-23(11-13)16(25)12-24-10-4-8-20-24/h1-2,4,6-8,10,13H,3,5,9,11-12H2/t13-/m0/s1. The molecule has 0 saturated carbocycles. The van der Waals surface area contributed by atoms with Crippen molar-refractivity contribution in [2.75, 3.05) is 13.1 Å². The lowest BCUT2D eigenvalue weighted by molar-refractivity contribution is -0.133. The summed E-state index contributed by atoms with van der Waals surface area (Å²) in [5.74, 6) is -0.101. The summed E-state index contributed by atoms with van der Waals surface area (Å²) in [4.78, 5) is 14.4. The molecule has 1 amide bonds. The van der Waals surface area contributed by atoms with E-state index in [0.29, 0.717) is 17.1 Å². The van der Waals surface area contributed by atoms with E-state index < -0.39 is 0 Å². The number of benzene rings is 1. The van der Waals surface area contributed by atoms with Crippen LogP contribution in [0.25, 0.3) is 10.6 Å². The van der Waals surface area contributed by atoms with Crippen molar-refractivity contribution >= 4 is 17.2 Å². The fourth-order valence-corrected chi connectivity index (χ4v) is 4.18. The van der Waals surface area contributed by atoms with Gasteiger partial charge in [-0.25, -0.2) is 4.39 Å². The highest BCUT2D eigenvalue weighted by Crippen LogP contribution is 2.33. The smallest absolute Gasteiger partial charge is 0.244 e. The van der Waals surface area contributed by atoms with Gasteiger partial charge >= 0.3 is 0 Å². The van der Waals surface area contributed by atoms with Crippen molar-refractivity contribution in [2.45, 2.75) is 25.3 Å². The number of aromatic nitrogens is 4. The zero-order chi connectivity index (χ0) is 17.9. The number of piperidine rings is 1. The quantitative estimate of drug-likeness (QED) is 0.707. The van der Waals surface area contributed by atoms with Crippen LogP contribution in [-0.2, 0) is 11.3 Å². The summed E-state index contributed by atoms with van der Waals surface area (Å²) in [6.07, 6.45) is 5.32. The molecule has 1 saturated heterocycles. The highest BCUT2D eigenvalue weighted by atomic mass is 32.1. The van der Waals surface area contributed by atoms with Crippen LogP contribution in [0.1, 0.15) is 23.8 Å². The highest BCUT2D eigenvalue weighted by molar-refractivity contribution is 7.14. The number of carbonyl (C=O) groups excluding carboxylic acids is 1. The molecule has 0 N–H and O–H groups in total. The summed E-state index contributed by atoms with van der Waals surface area (Å²) in [6, 6.07) is 8.38. The molecule has 0 aliphatic carbocycles. The van der Waals surface area contributed by atoms with Gasteiger partial charge in [-0.2, -0.15) is 5.10 Å². The van der Waals surface area contributed by atoms with E-state index in [2.05, 4.69) is 15.3 Å². The maximum absolute atomic E-state index is 14.0. The SMILES string of the molecule is O=C(Cn1cccn1)N1CCC[C@H](c2nnc(-c3ccccc3F)s2)C1. The molecule has 0 bridgehead atoms. The van der Waals surface area contributed by atoms with Gasteiger partial charge in [-0.15, -0.1) is 10.2 Å². The van der Waals surface area contributed by atoms with Gasteiger partial charge in [-0.1, -0.05) is 23.5 Å². The Bertz CT molecular complexity index is 895. The van der Waals surface area contributed by atoms with Gasteiger partial charge < -0.3 is 4.90 Å². The monoisotopic (exact) mass is 371 g/mol. The fraction of sp³-hybridized carbons (Fsp3) is 0.333. The number of hydrogen-bond acceptors (Lipinski definition) is 5. The molecule has 1 atom stereocenters. The first-order valence-corrected chi connectivity index (χ1v) is 9.36. The van der Waals surface area contributed by atoms with Crippen LogP contribution >= 0.6 is 11.3 Å². The van der Waals surface area contributed by atoms with Crippen LogP contribution in [0.5, 0.6) is 0 Å². The minimum absolute atomic E-state index is 0.0530. The van der Waals surface area contributed by atoms with E-state index in [-0.39, 0.29) is 24.2 Å². The molecule has 0 unspecified atom stereocenters. The van der Waals surface area contributed by atoms with Crippen molar-refractivity contribution in [3.05, 3.63) is 53.6 Å². The van der Waals surface area contributed by atoms with Gasteiger partial charge in [-0.3, -0.25) is 9.48 Å². The van der Waals surface area contributed by atoms with Gasteiger partial charge in [0.25, 0.3) is 0 Å². The normalized spacial score (nSPS) is 17.4. The topological polar surface area (TPSA) is 63.9 Å². The third-order valence-corrected chi connectivity index (χ3v) is 5.64. The second kappa shape index (κ2) is 7.33. The lowest BCUT2D eigenvalue weighted by Crippen LogP contribution is -2.40. The van der Waals surface area contributed by atoms with Gasteiger partial charge in [0.2, 0.25) is 5.91 Å².